The Bertz CT molecular complexity index is 580. The summed E-state index contributed by atoms with van der Waals surface area (Å²) in [6.07, 6.45) is 3.29. The number of hydrogen-bond acceptors (Lipinski definition) is 5. The third-order valence-electron chi connectivity index (χ3n) is 2.48. The SMILES string of the molecule is C[C@H](Sc1ncccn1)C(=O)OCc1ccccc1Br. The lowest BCUT2D eigenvalue weighted by molar-refractivity contribution is -0.143. The molecule has 0 aliphatic carbocycles. The smallest absolute Gasteiger partial charge is 0.319 e. The molecule has 0 saturated carbocycles. The molecule has 1 atom stereocenters. The molecule has 0 aliphatic heterocycles. The first kappa shape index (κ1) is 15.0. The van der Waals surface area contributed by atoms with Gasteiger partial charge in [0.15, 0.2) is 5.16 Å². The minimum atomic E-state index is -0.347. The summed E-state index contributed by atoms with van der Waals surface area (Å²) in [6.45, 7) is 2.03. The number of nitrogens with zero attached hydrogens (tertiary/aromatic N) is 2. The highest BCUT2D eigenvalue weighted by Gasteiger charge is 2.17. The standard InChI is InChI=1S/C14H13BrN2O2S/c1-10(20-14-16-7-4-8-17-14)13(18)19-9-11-5-2-3-6-12(11)15/h2-8,10H,9H2,1H3/t10-/m0/s1. The van der Waals surface area contributed by atoms with Gasteiger partial charge in [0.1, 0.15) is 11.9 Å². The average molecular weight is 353 g/mol. The molecule has 0 amide bonds. The van der Waals surface area contributed by atoms with E-state index in [1.165, 1.54) is 11.8 Å². The van der Waals surface area contributed by atoms with Gasteiger partial charge < -0.3 is 4.74 Å². The molecule has 0 unspecified atom stereocenters. The van der Waals surface area contributed by atoms with Crippen molar-refractivity contribution in [3.05, 3.63) is 52.8 Å². The largest absolute Gasteiger partial charge is 0.460 e. The van der Waals surface area contributed by atoms with Crippen LogP contribution in [0, 0.1) is 0 Å². The molecule has 0 bridgehead atoms. The van der Waals surface area contributed by atoms with Crippen molar-refractivity contribution in [2.75, 3.05) is 0 Å². The van der Waals surface area contributed by atoms with E-state index in [1.807, 2.05) is 24.3 Å². The quantitative estimate of drug-likeness (QED) is 0.468. The number of thioether (sulfide) groups is 1. The van der Waals surface area contributed by atoms with Gasteiger partial charge in [0.2, 0.25) is 0 Å². The van der Waals surface area contributed by atoms with E-state index in [0.717, 1.165) is 10.0 Å². The summed E-state index contributed by atoms with van der Waals surface area (Å²) in [7, 11) is 0. The molecule has 1 aromatic heterocycles. The Morgan fingerprint density at radius 2 is 2.00 bits per heavy atom. The van der Waals surface area contributed by atoms with Crippen LogP contribution in [0.3, 0.4) is 0 Å². The highest BCUT2D eigenvalue weighted by molar-refractivity contribution is 9.10. The summed E-state index contributed by atoms with van der Waals surface area (Å²) in [6, 6.07) is 9.39. The van der Waals surface area contributed by atoms with Crippen molar-refractivity contribution in [2.45, 2.75) is 23.9 Å². The topological polar surface area (TPSA) is 52.1 Å². The number of aromatic nitrogens is 2. The number of ether oxygens (including phenoxy) is 1. The first-order valence-corrected chi connectivity index (χ1v) is 7.68. The number of benzene rings is 1. The molecule has 0 N–H and O–H groups in total. The van der Waals surface area contributed by atoms with Crippen molar-refractivity contribution < 1.29 is 9.53 Å². The van der Waals surface area contributed by atoms with Crippen LogP contribution in [0.2, 0.25) is 0 Å². The number of halogens is 1. The summed E-state index contributed by atoms with van der Waals surface area (Å²) in [5, 5.41) is 0.220. The van der Waals surface area contributed by atoms with Crippen LogP contribution in [0.1, 0.15) is 12.5 Å². The number of carbonyl (C=O) groups is 1. The molecule has 0 radical (unpaired) electrons. The Labute approximate surface area is 130 Å². The number of esters is 1. The van der Waals surface area contributed by atoms with Gasteiger partial charge in [-0.1, -0.05) is 45.9 Å². The third-order valence-corrected chi connectivity index (χ3v) is 4.23. The van der Waals surface area contributed by atoms with Gasteiger partial charge in [0.05, 0.1) is 0 Å². The Hall–Kier alpha value is -1.40. The van der Waals surface area contributed by atoms with Crippen LogP contribution in [0.15, 0.2) is 52.4 Å². The summed E-state index contributed by atoms with van der Waals surface area (Å²) >= 11 is 4.70. The Kier molecular flexibility index (Phi) is 5.55. The summed E-state index contributed by atoms with van der Waals surface area (Å²) in [5.74, 6) is -0.279. The van der Waals surface area contributed by atoms with E-state index in [9.17, 15) is 4.79 Å². The molecule has 0 spiro atoms. The van der Waals surface area contributed by atoms with Gasteiger partial charge in [-0.05, 0) is 19.1 Å². The molecule has 1 heterocycles. The van der Waals surface area contributed by atoms with Gasteiger partial charge >= 0.3 is 5.97 Å². The van der Waals surface area contributed by atoms with E-state index >= 15 is 0 Å². The average Bonchev–Trinajstić information content (AvgIpc) is 2.47. The maximum Gasteiger partial charge on any atom is 0.319 e. The van der Waals surface area contributed by atoms with Crippen LogP contribution in [-0.2, 0) is 16.1 Å². The minimum Gasteiger partial charge on any atom is -0.460 e. The first-order valence-electron chi connectivity index (χ1n) is 6.00. The number of carbonyl (C=O) groups excluding carboxylic acids is 1. The number of rotatable bonds is 5. The molecule has 1 aromatic carbocycles. The summed E-state index contributed by atoms with van der Waals surface area (Å²) in [5.41, 5.74) is 0.939. The molecule has 104 valence electrons. The number of hydrogen-bond donors (Lipinski definition) is 0. The summed E-state index contributed by atoms with van der Waals surface area (Å²) < 4.78 is 6.23. The zero-order valence-corrected chi connectivity index (χ0v) is 13.2. The van der Waals surface area contributed by atoms with E-state index in [-0.39, 0.29) is 17.8 Å². The third kappa shape index (κ3) is 4.31. The second kappa shape index (κ2) is 7.40. The van der Waals surface area contributed by atoms with E-state index in [1.54, 1.807) is 25.4 Å². The second-order valence-electron chi connectivity index (χ2n) is 3.99. The van der Waals surface area contributed by atoms with Gasteiger partial charge in [-0.3, -0.25) is 4.79 Å². The van der Waals surface area contributed by atoms with Crippen LogP contribution >= 0.6 is 27.7 Å². The fourth-order valence-corrected chi connectivity index (χ4v) is 2.56. The second-order valence-corrected chi connectivity index (χ2v) is 6.15. The Balaban J connectivity index is 1.87. The molecule has 4 nitrogen and oxygen atoms in total. The van der Waals surface area contributed by atoms with E-state index < -0.39 is 0 Å². The van der Waals surface area contributed by atoms with Crippen molar-refractivity contribution in [2.24, 2.45) is 0 Å². The predicted molar refractivity (Wildman–Crippen MR) is 81.3 cm³/mol. The van der Waals surface area contributed by atoms with Crippen LogP contribution in [0.25, 0.3) is 0 Å². The van der Waals surface area contributed by atoms with Crippen LogP contribution in [-0.4, -0.2) is 21.2 Å². The van der Waals surface area contributed by atoms with Crippen LogP contribution < -0.4 is 0 Å². The fourth-order valence-electron chi connectivity index (χ4n) is 1.43. The zero-order valence-electron chi connectivity index (χ0n) is 10.8. The molecule has 20 heavy (non-hydrogen) atoms. The fraction of sp³-hybridized carbons (Fsp3) is 0.214. The molecule has 2 aromatic rings. The molecular formula is C14H13BrN2O2S. The van der Waals surface area contributed by atoms with E-state index in [4.69, 9.17) is 4.74 Å². The van der Waals surface area contributed by atoms with Crippen molar-refractivity contribution in [1.29, 1.82) is 0 Å². The minimum absolute atomic E-state index is 0.251. The van der Waals surface area contributed by atoms with Crippen molar-refractivity contribution in [3.8, 4) is 0 Å². The highest BCUT2D eigenvalue weighted by Crippen LogP contribution is 2.21. The van der Waals surface area contributed by atoms with Gasteiger partial charge in [0, 0.05) is 22.4 Å². The van der Waals surface area contributed by atoms with Crippen molar-refractivity contribution in [1.82, 2.24) is 9.97 Å². The van der Waals surface area contributed by atoms with Crippen LogP contribution in [0.5, 0.6) is 0 Å². The molecule has 6 heteroatoms. The lowest BCUT2D eigenvalue weighted by Gasteiger charge is -2.11. The van der Waals surface area contributed by atoms with Crippen molar-refractivity contribution >= 4 is 33.7 Å². The molecule has 0 fully saturated rings. The molecule has 0 aliphatic rings. The van der Waals surface area contributed by atoms with E-state index in [2.05, 4.69) is 25.9 Å². The molecular weight excluding hydrogens is 340 g/mol. The molecule has 2 rings (SSSR count). The maximum absolute atomic E-state index is 11.9. The van der Waals surface area contributed by atoms with Gasteiger partial charge in [-0.15, -0.1) is 0 Å². The predicted octanol–water partition coefficient (Wildman–Crippen LogP) is 3.46. The Morgan fingerprint density at radius 1 is 1.30 bits per heavy atom. The van der Waals surface area contributed by atoms with Gasteiger partial charge in [-0.2, -0.15) is 0 Å². The molecule has 0 saturated heterocycles. The maximum atomic E-state index is 11.9. The van der Waals surface area contributed by atoms with Gasteiger partial charge in [-0.25, -0.2) is 9.97 Å². The normalized spacial score (nSPS) is 11.9. The Morgan fingerprint density at radius 3 is 2.70 bits per heavy atom. The van der Waals surface area contributed by atoms with Crippen molar-refractivity contribution in [3.63, 3.8) is 0 Å². The lowest BCUT2D eigenvalue weighted by Crippen LogP contribution is -2.17. The monoisotopic (exact) mass is 352 g/mol. The highest BCUT2D eigenvalue weighted by atomic mass is 79.9. The summed E-state index contributed by atoms with van der Waals surface area (Å²) in [4.78, 5) is 20.1. The first-order chi connectivity index (χ1) is 9.66. The van der Waals surface area contributed by atoms with E-state index in [0.29, 0.717) is 5.16 Å². The zero-order chi connectivity index (χ0) is 14.4. The van der Waals surface area contributed by atoms with Gasteiger partial charge in [0.25, 0.3) is 0 Å². The van der Waals surface area contributed by atoms with Crippen LogP contribution in [0.4, 0.5) is 0 Å². The lowest BCUT2D eigenvalue weighted by atomic mass is 10.2.